The minimum absolute atomic E-state index is 0.486. The van der Waals surface area contributed by atoms with Gasteiger partial charge in [-0.3, -0.25) is 0 Å². The molecule has 0 saturated carbocycles. The molecular weight excluding hydrogens is 262 g/mol. The van der Waals surface area contributed by atoms with Crippen LogP contribution in [-0.4, -0.2) is 13.7 Å². The van der Waals surface area contributed by atoms with Crippen molar-refractivity contribution in [1.29, 1.82) is 0 Å². The van der Waals surface area contributed by atoms with Gasteiger partial charge in [0.05, 0.1) is 13.7 Å². The first kappa shape index (κ1) is 15.4. The molecule has 112 valence electrons. The van der Waals surface area contributed by atoms with E-state index in [1.54, 1.807) is 7.11 Å². The first-order valence-corrected chi connectivity index (χ1v) is 7.21. The smallest absolute Gasteiger partial charge is 0.124 e. The van der Waals surface area contributed by atoms with Crippen molar-refractivity contribution in [2.24, 2.45) is 5.73 Å². The molecule has 1 unspecified atom stereocenters. The van der Waals surface area contributed by atoms with Gasteiger partial charge in [-0.2, -0.15) is 0 Å². The summed E-state index contributed by atoms with van der Waals surface area (Å²) in [5.74, 6) is 1.71. The second-order valence-electron chi connectivity index (χ2n) is 5.37. The van der Waals surface area contributed by atoms with Crippen LogP contribution in [0.1, 0.15) is 25.0 Å². The van der Waals surface area contributed by atoms with E-state index in [4.69, 9.17) is 15.2 Å². The first-order valence-electron chi connectivity index (χ1n) is 7.21. The molecule has 0 aliphatic heterocycles. The van der Waals surface area contributed by atoms with Gasteiger partial charge in [0, 0.05) is 11.1 Å². The van der Waals surface area contributed by atoms with Crippen molar-refractivity contribution in [2.75, 3.05) is 13.7 Å². The lowest BCUT2D eigenvalue weighted by Gasteiger charge is -2.27. The van der Waals surface area contributed by atoms with Crippen LogP contribution in [0.3, 0.4) is 0 Å². The van der Waals surface area contributed by atoms with Crippen LogP contribution in [0, 0.1) is 0 Å². The van der Waals surface area contributed by atoms with Crippen molar-refractivity contribution in [3.8, 4) is 11.5 Å². The van der Waals surface area contributed by atoms with Gasteiger partial charge in [-0.1, -0.05) is 30.3 Å². The number of ether oxygens (including phenoxy) is 2. The molecule has 3 nitrogen and oxygen atoms in total. The van der Waals surface area contributed by atoms with Crippen LogP contribution in [0.15, 0.2) is 48.5 Å². The fourth-order valence-electron chi connectivity index (χ4n) is 2.48. The highest BCUT2D eigenvalue weighted by Gasteiger charge is 2.25. The molecule has 0 fully saturated rings. The Morgan fingerprint density at radius 2 is 1.71 bits per heavy atom. The predicted octanol–water partition coefficient (Wildman–Crippen LogP) is 3.51. The van der Waals surface area contributed by atoms with Crippen molar-refractivity contribution in [1.82, 2.24) is 0 Å². The lowest BCUT2D eigenvalue weighted by Crippen LogP contribution is -2.36. The predicted molar refractivity (Wildman–Crippen MR) is 85.8 cm³/mol. The Balaban J connectivity index is 2.24. The fraction of sp³-hybridized carbons (Fsp3) is 0.333. The largest absolute Gasteiger partial charge is 0.497 e. The minimum Gasteiger partial charge on any atom is -0.497 e. The second kappa shape index (κ2) is 6.64. The maximum atomic E-state index is 6.56. The Labute approximate surface area is 126 Å². The van der Waals surface area contributed by atoms with E-state index < -0.39 is 5.54 Å². The van der Waals surface area contributed by atoms with Gasteiger partial charge in [0.2, 0.25) is 0 Å². The van der Waals surface area contributed by atoms with Crippen LogP contribution < -0.4 is 15.2 Å². The third-order valence-corrected chi connectivity index (χ3v) is 3.53. The third kappa shape index (κ3) is 3.76. The summed E-state index contributed by atoms with van der Waals surface area (Å²) < 4.78 is 10.9. The van der Waals surface area contributed by atoms with Crippen molar-refractivity contribution in [3.63, 3.8) is 0 Å². The van der Waals surface area contributed by atoms with E-state index in [1.165, 1.54) is 5.56 Å². The van der Waals surface area contributed by atoms with Crippen LogP contribution in [0.4, 0.5) is 0 Å². The Kier molecular flexibility index (Phi) is 4.86. The summed E-state index contributed by atoms with van der Waals surface area (Å²) in [6.45, 7) is 4.65. The highest BCUT2D eigenvalue weighted by molar-refractivity contribution is 5.40. The second-order valence-corrected chi connectivity index (χ2v) is 5.37. The molecule has 2 aromatic carbocycles. The highest BCUT2D eigenvalue weighted by Crippen LogP contribution is 2.31. The maximum absolute atomic E-state index is 6.56. The molecule has 0 aliphatic carbocycles. The van der Waals surface area contributed by atoms with E-state index in [0.717, 1.165) is 23.5 Å². The average molecular weight is 285 g/mol. The first-order chi connectivity index (χ1) is 10.1. The van der Waals surface area contributed by atoms with E-state index >= 15 is 0 Å². The van der Waals surface area contributed by atoms with E-state index in [2.05, 4.69) is 0 Å². The maximum Gasteiger partial charge on any atom is 0.124 e. The molecule has 2 N–H and O–H groups in total. The standard InChI is InChI=1S/C18H23NO2/c1-4-21-17-8-6-5-7-16(17)18(2,19)13-14-9-11-15(20-3)12-10-14/h5-12H,4,13,19H2,1-3H3. The zero-order valence-corrected chi connectivity index (χ0v) is 12.9. The molecule has 0 radical (unpaired) electrons. The summed E-state index contributed by atoms with van der Waals surface area (Å²) in [6, 6.07) is 16.0. The van der Waals surface area contributed by atoms with Gasteiger partial charge in [0.1, 0.15) is 11.5 Å². The van der Waals surface area contributed by atoms with Crippen LogP contribution in [0.5, 0.6) is 11.5 Å². The van der Waals surface area contributed by atoms with Crippen LogP contribution in [0.25, 0.3) is 0 Å². The molecule has 0 bridgehead atoms. The van der Waals surface area contributed by atoms with Gasteiger partial charge in [0.25, 0.3) is 0 Å². The van der Waals surface area contributed by atoms with Crippen molar-refractivity contribution < 1.29 is 9.47 Å². The van der Waals surface area contributed by atoms with Crippen molar-refractivity contribution >= 4 is 0 Å². The number of nitrogens with two attached hydrogens (primary N) is 1. The van der Waals surface area contributed by atoms with Crippen LogP contribution >= 0.6 is 0 Å². The average Bonchev–Trinajstić information content (AvgIpc) is 2.48. The molecule has 3 heteroatoms. The van der Waals surface area contributed by atoms with Gasteiger partial charge in [0.15, 0.2) is 0 Å². The van der Waals surface area contributed by atoms with E-state index in [0.29, 0.717) is 6.61 Å². The van der Waals surface area contributed by atoms with Gasteiger partial charge < -0.3 is 15.2 Å². The van der Waals surface area contributed by atoms with Crippen molar-refractivity contribution in [3.05, 3.63) is 59.7 Å². The summed E-state index contributed by atoms with van der Waals surface area (Å²) in [7, 11) is 1.67. The van der Waals surface area contributed by atoms with Crippen LogP contribution in [-0.2, 0) is 12.0 Å². The lowest BCUT2D eigenvalue weighted by molar-refractivity contribution is 0.325. The molecule has 0 aliphatic rings. The van der Waals surface area contributed by atoms with Gasteiger partial charge in [-0.15, -0.1) is 0 Å². The van der Waals surface area contributed by atoms with Crippen LogP contribution in [0.2, 0.25) is 0 Å². The number of hydrogen-bond acceptors (Lipinski definition) is 3. The monoisotopic (exact) mass is 285 g/mol. The summed E-state index contributed by atoms with van der Waals surface area (Å²) in [4.78, 5) is 0. The Hall–Kier alpha value is -2.00. The lowest BCUT2D eigenvalue weighted by atomic mass is 9.86. The van der Waals surface area contributed by atoms with E-state index in [9.17, 15) is 0 Å². The third-order valence-electron chi connectivity index (χ3n) is 3.53. The minimum atomic E-state index is -0.486. The van der Waals surface area contributed by atoms with E-state index in [1.807, 2.05) is 62.4 Å². The quantitative estimate of drug-likeness (QED) is 0.883. The molecule has 1 atom stereocenters. The fourth-order valence-corrected chi connectivity index (χ4v) is 2.48. The molecule has 2 rings (SSSR count). The Morgan fingerprint density at radius 3 is 2.33 bits per heavy atom. The zero-order valence-electron chi connectivity index (χ0n) is 12.9. The highest BCUT2D eigenvalue weighted by atomic mass is 16.5. The summed E-state index contributed by atoms with van der Waals surface area (Å²) in [5.41, 5.74) is 8.28. The Morgan fingerprint density at radius 1 is 1.05 bits per heavy atom. The van der Waals surface area contributed by atoms with Gasteiger partial charge >= 0.3 is 0 Å². The van der Waals surface area contributed by atoms with Gasteiger partial charge in [-0.25, -0.2) is 0 Å². The number of rotatable bonds is 6. The summed E-state index contributed by atoms with van der Waals surface area (Å²) in [6.07, 6.45) is 0.737. The number of methoxy groups -OCH3 is 1. The number of para-hydroxylation sites is 1. The Bertz CT molecular complexity index is 576. The molecule has 0 heterocycles. The zero-order chi connectivity index (χ0) is 15.3. The summed E-state index contributed by atoms with van der Waals surface area (Å²) >= 11 is 0. The normalized spacial score (nSPS) is 13.5. The number of benzene rings is 2. The van der Waals surface area contributed by atoms with E-state index in [-0.39, 0.29) is 0 Å². The molecule has 0 amide bonds. The molecule has 0 aromatic heterocycles. The molecular formula is C18H23NO2. The topological polar surface area (TPSA) is 44.5 Å². The molecule has 0 spiro atoms. The summed E-state index contributed by atoms with van der Waals surface area (Å²) in [5, 5.41) is 0. The molecule has 0 saturated heterocycles. The molecule has 21 heavy (non-hydrogen) atoms. The number of hydrogen-bond donors (Lipinski definition) is 1. The SMILES string of the molecule is CCOc1ccccc1C(C)(N)Cc1ccc(OC)cc1. The molecule has 2 aromatic rings. The van der Waals surface area contributed by atoms with Gasteiger partial charge in [-0.05, 0) is 44.0 Å². The van der Waals surface area contributed by atoms with Crippen molar-refractivity contribution in [2.45, 2.75) is 25.8 Å².